The number of aromatic nitrogens is 3. The van der Waals surface area contributed by atoms with Gasteiger partial charge in [0.05, 0.1) is 5.52 Å². The van der Waals surface area contributed by atoms with Crippen LogP contribution in [0.3, 0.4) is 0 Å². The number of carboxylic acid groups (broad SMARTS) is 1. The first kappa shape index (κ1) is 14.9. The molecule has 0 radical (unpaired) electrons. The topological polar surface area (TPSA) is 111 Å². The molecule has 1 unspecified atom stereocenters. The minimum Gasteiger partial charge on any atom is -0.480 e. The molecule has 0 saturated heterocycles. The SMILES string of the molecule is NC(Cc1cncn1C(=O)c1ccc2ccccc2n1)C(=O)O. The molecule has 0 saturated carbocycles. The zero-order valence-electron chi connectivity index (χ0n) is 12.1. The fraction of sp³-hybridized carbons (Fsp3) is 0.125. The van der Waals surface area contributed by atoms with E-state index in [4.69, 9.17) is 10.8 Å². The zero-order valence-corrected chi connectivity index (χ0v) is 12.1. The lowest BCUT2D eigenvalue weighted by molar-refractivity contribution is -0.138. The smallest absolute Gasteiger partial charge is 0.320 e. The van der Waals surface area contributed by atoms with Gasteiger partial charge in [0.1, 0.15) is 18.1 Å². The number of nitrogens with zero attached hydrogens (tertiary/aromatic N) is 3. The van der Waals surface area contributed by atoms with Crippen molar-refractivity contribution in [3.63, 3.8) is 0 Å². The van der Waals surface area contributed by atoms with Gasteiger partial charge < -0.3 is 10.8 Å². The van der Waals surface area contributed by atoms with Crippen LogP contribution in [-0.4, -0.2) is 37.6 Å². The van der Waals surface area contributed by atoms with Crippen molar-refractivity contribution in [3.05, 3.63) is 60.3 Å². The molecule has 2 heterocycles. The summed E-state index contributed by atoms with van der Waals surface area (Å²) in [6.45, 7) is 0. The summed E-state index contributed by atoms with van der Waals surface area (Å²) in [5.74, 6) is -1.50. The van der Waals surface area contributed by atoms with E-state index in [1.54, 1.807) is 6.07 Å². The maximum Gasteiger partial charge on any atom is 0.320 e. The molecule has 1 aromatic carbocycles. The molecule has 3 N–H and O–H groups in total. The minimum absolute atomic E-state index is 0.00859. The molecule has 2 aromatic heterocycles. The van der Waals surface area contributed by atoms with E-state index in [1.807, 2.05) is 30.3 Å². The number of carbonyl (C=O) groups excluding carboxylic acids is 1. The van der Waals surface area contributed by atoms with Crippen molar-refractivity contribution in [2.75, 3.05) is 0 Å². The van der Waals surface area contributed by atoms with Crippen LogP contribution in [0.2, 0.25) is 0 Å². The van der Waals surface area contributed by atoms with Crippen molar-refractivity contribution in [1.82, 2.24) is 14.5 Å². The van der Waals surface area contributed by atoms with Crippen molar-refractivity contribution < 1.29 is 14.7 Å². The van der Waals surface area contributed by atoms with Gasteiger partial charge >= 0.3 is 5.97 Å². The van der Waals surface area contributed by atoms with Gasteiger partial charge in [0.25, 0.3) is 5.91 Å². The number of benzene rings is 1. The van der Waals surface area contributed by atoms with Crippen LogP contribution in [0.25, 0.3) is 10.9 Å². The fourth-order valence-electron chi connectivity index (χ4n) is 2.28. The van der Waals surface area contributed by atoms with Crippen molar-refractivity contribution in [3.8, 4) is 0 Å². The maximum absolute atomic E-state index is 12.6. The van der Waals surface area contributed by atoms with Gasteiger partial charge in [-0.25, -0.2) is 9.97 Å². The predicted octanol–water partition coefficient (Wildman–Crippen LogP) is 1.07. The normalized spacial score (nSPS) is 12.2. The number of pyridine rings is 1. The molecule has 0 aliphatic rings. The molecule has 3 rings (SSSR count). The first-order chi connectivity index (χ1) is 11.1. The second kappa shape index (κ2) is 5.98. The number of rotatable bonds is 4. The second-order valence-corrected chi connectivity index (χ2v) is 5.10. The van der Waals surface area contributed by atoms with Crippen LogP contribution in [0.15, 0.2) is 48.9 Å². The minimum atomic E-state index is -1.13. The number of imidazole rings is 1. The standard InChI is InChI=1S/C16H14N4O3/c17-12(16(22)23)7-11-8-18-9-20(11)15(21)14-6-5-10-3-1-2-4-13(10)19-14/h1-6,8-9,12H,7,17H2,(H,22,23). The Morgan fingerprint density at radius 2 is 2.00 bits per heavy atom. The molecule has 0 fully saturated rings. The van der Waals surface area contributed by atoms with Crippen LogP contribution in [0.4, 0.5) is 0 Å². The lowest BCUT2D eigenvalue weighted by atomic mass is 10.1. The quantitative estimate of drug-likeness (QED) is 0.745. The molecular weight excluding hydrogens is 296 g/mol. The van der Waals surface area contributed by atoms with Crippen molar-refractivity contribution >= 4 is 22.8 Å². The van der Waals surface area contributed by atoms with E-state index in [2.05, 4.69) is 9.97 Å². The number of nitrogens with two attached hydrogens (primary N) is 1. The highest BCUT2D eigenvalue weighted by Gasteiger charge is 2.19. The Balaban J connectivity index is 1.93. The summed E-state index contributed by atoms with van der Waals surface area (Å²) in [6, 6.07) is 9.82. The maximum atomic E-state index is 12.6. The Kier molecular flexibility index (Phi) is 3.86. The summed E-state index contributed by atoms with van der Waals surface area (Å²) in [7, 11) is 0. The first-order valence-electron chi connectivity index (χ1n) is 6.96. The largest absolute Gasteiger partial charge is 0.480 e. The number of hydrogen-bond acceptors (Lipinski definition) is 5. The zero-order chi connectivity index (χ0) is 16.4. The van der Waals surface area contributed by atoms with E-state index >= 15 is 0 Å². The van der Waals surface area contributed by atoms with Crippen LogP contribution in [0.5, 0.6) is 0 Å². The van der Waals surface area contributed by atoms with Crippen molar-refractivity contribution in [2.45, 2.75) is 12.5 Å². The monoisotopic (exact) mass is 310 g/mol. The third-order valence-corrected chi connectivity index (χ3v) is 3.50. The van der Waals surface area contributed by atoms with Gasteiger partial charge in [-0.15, -0.1) is 0 Å². The van der Waals surface area contributed by atoms with Gasteiger partial charge in [-0.05, 0) is 12.1 Å². The third-order valence-electron chi connectivity index (χ3n) is 3.50. The van der Waals surface area contributed by atoms with Gasteiger partial charge in [0.2, 0.25) is 0 Å². The summed E-state index contributed by atoms with van der Waals surface area (Å²) in [5.41, 5.74) is 6.92. The predicted molar refractivity (Wildman–Crippen MR) is 83.0 cm³/mol. The van der Waals surface area contributed by atoms with E-state index in [-0.39, 0.29) is 18.0 Å². The average Bonchev–Trinajstić information content (AvgIpc) is 3.01. The summed E-state index contributed by atoms with van der Waals surface area (Å²) in [5, 5.41) is 9.83. The van der Waals surface area contributed by atoms with Crippen LogP contribution >= 0.6 is 0 Å². The van der Waals surface area contributed by atoms with Crippen LogP contribution < -0.4 is 5.73 Å². The summed E-state index contributed by atoms with van der Waals surface area (Å²) < 4.78 is 1.28. The van der Waals surface area contributed by atoms with Crippen LogP contribution in [0.1, 0.15) is 16.2 Å². The molecule has 7 heteroatoms. The Morgan fingerprint density at radius 1 is 1.22 bits per heavy atom. The highest BCUT2D eigenvalue weighted by atomic mass is 16.4. The number of carbonyl (C=O) groups is 2. The summed E-state index contributed by atoms with van der Waals surface area (Å²) in [4.78, 5) is 31.7. The van der Waals surface area contributed by atoms with E-state index in [0.29, 0.717) is 11.2 Å². The molecule has 0 bridgehead atoms. The Bertz CT molecular complexity index is 888. The average molecular weight is 310 g/mol. The van der Waals surface area contributed by atoms with Gasteiger partial charge in [-0.2, -0.15) is 0 Å². The highest BCUT2D eigenvalue weighted by Crippen LogP contribution is 2.13. The number of fused-ring (bicyclic) bond motifs is 1. The Hall–Kier alpha value is -3.06. The first-order valence-corrected chi connectivity index (χ1v) is 6.96. The Morgan fingerprint density at radius 3 is 2.78 bits per heavy atom. The molecule has 1 atom stereocenters. The van der Waals surface area contributed by atoms with E-state index < -0.39 is 12.0 Å². The molecule has 0 amide bonds. The number of para-hydroxylation sites is 1. The third kappa shape index (κ3) is 2.95. The number of aliphatic carboxylic acids is 1. The Labute approximate surface area is 131 Å². The van der Waals surface area contributed by atoms with Crippen LogP contribution in [-0.2, 0) is 11.2 Å². The molecule has 0 spiro atoms. The second-order valence-electron chi connectivity index (χ2n) is 5.10. The van der Waals surface area contributed by atoms with Crippen molar-refractivity contribution in [1.29, 1.82) is 0 Å². The highest BCUT2D eigenvalue weighted by molar-refractivity contribution is 5.96. The molecular formula is C16H14N4O3. The number of carboxylic acids is 1. The van der Waals surface area contributed by atoms with Crippen LogP contribution in [0, 0.1) is 0 Å². The molecule has 7 nitrogen and oxygen atoms in total. The van der Waals surface area contributed by atoms with Gasteiger partial charge in [0.15, 0.2) is 0 Å². The molecule has 116 valence electrons. The van der Waals surface area contributed by atoms with Gasteiger partial charge in [-0.1, -0.05) is 24.3 Å². The van der Waals surface area contributed by atoms with Gasteiger partial charge in [-0.3, -0.25) is 14.2 Å². The molecule has 23 heavy (non-hydrogen) atoms. The molecule has 0 aliphatic heterocycles. The lowest BCUT2D eigenvalue weighted by Crippen LogP contribution is -2.33. The molecule has 3 aromatic rings. The fourth-order valence-corrected chi connectivity index (χ4v) is 2.28. The summed E-state index contributed by atoms with van der Waals surface area (Å²) >= 11 is 0. The van der Waals surface area contributed by atoms with Crippen molar-refractivity contribution in [2.24, 2.45) is 5.73 Å². The van der Waals surface area contributed by atoms with E-state index in [1.165, 1.54) is 17.1 Å². The lowest BCUT2D eigenvalue weighted by Gasteiger charge is -2.09. The van der Waals surface area contributed by atoms with Gasteiger partial charge in [0, 0.05) is 23.7 Å². The van der Waals surface area contributed by atoms with E-state index in [0.717, 1.165) is 5.39 Å². The molecule has 0 aliphatic carbocycles. The van der Waals surface area contributed by atoms with E-state index in [9.17, 15) is 9.59 Å². The summed E-state index contributed by atoms with van der Waals surface area (Å²) in [6.07, 6.45) is 2.78. The number of hydrogen-bond donors (Lipinski definition) is 2.